The summed E-state index contributed by atoms with van der Waals surface area (Å²) in [4.78, 5) is 10.3. The molecule has 4 N–H and O–H groups in total. The monoisotopic (exact) mass is 375 g/mol. The van der Waals surface area contributed by atoms with E-state index in [1.54, 1.807) is 7.11 Å². The van der Waals surface area contributed by atoms with Crippen LogP contribution < -0.4 is 21.1 Å². The molecule has 0 bridgehead atoms. The van der Waals surface area contributed by atoms with Crippen molar-refractivity contribution in [3.8, 4) is 5.75 Å². The Bertz CT molecular complexity index is 743. The third-order valence-corrected chi connectivity index (χ3v) is 4.70. The topological polar surface area (TPSA) is 99.5 Å². The number of nitrogens with zero attached hydrogens (tertiary/aromatic N) is 3. The molecule has 8 heteroatoms. The normalized spacial score (nSPS) is 19.7. The SMILES string of the molecule is COCCOc1ccc(N(c2ncc(F)c(N)n2)C2CCCC(N)C2)cc1. The van der Waals surface area contributed by atoms with Crippen molar-refractivity contribution < 1.29 is 13.9 Å². The molecule has 1 aliphatic carbocycles. The fraction of sp³-hybridized carbons (Fsp3) is 0.474. The number of anilines is 3. The molecule has 1 aromatic heterocycles. The van der Waals surface area contributed by atoms with Crippen molar-refractivity contribution in [2.45, 2.75) is 37.8 Å². The summed E-state index contributed by atoms with van der Waals surface area (Å²) in [5.74, 6) is 0.335. The van der Waals surface area contributed by atoms with E-state index in [-0.39, 0.29) is 17.9 Å². The lowest BCUT2D eigenvalue weighted by atomic mass is 9.90. The molecule has 0 saturated heterocycles. The molecule has 0 radical (unpaired) electrons. The Morgan fingerprint density at radius 3 is 2.67 bits per heavy atom. The lowest BCUT2D eigenvalue weighted by Crippen LogP contribution is -2.41. The molecule has 2 atom stereocenters. The molecule has 1 fully saturated rings. The predicted octanol–water partition coefficient (Wildman–Crippen LogP) is 2.63. The Balaban J connectivity index is 1.88. The largest absolute Gasteiger partial charge is 0.491 e. The zero-order valence-electron chi connectivity index (χ0n) is 15.5. The number of ether oxygens (including phenoxy) is 2. The molecular formula is C19H26FN5O2. The van der Waals surface area contributed by atoms with E-state index in [0.717, 1.165) is 43.3 Å². The van der Waals surface area contributed by atoms with E-state index in [2.05, 4.69) is 9.97 Å². The average molecular weight is 375 g/mol. The van der Waals surface area contributed by atoms with Crippen molar-refractivity contribution in [1.82, 2.24) is 9.97 Å². The first-order valence-corrected chi connectivity index (χ1v) is 9.13. The van der Waals surface area contributed by atoms with Gasteiger partial charge in [0.15, 0.2) is 11.6 Å². The van der Waals surface area contributed by atoms with Gasteiger partial charge in [-0.05, 0) is 49.9 Å². The van der Waals surface area contributed by atoms with Crippen molar-refractivity contribution in [3.63, 3.8) is 0 Å². The van der Waals surface area contributed by atoms with E-state index in [1.165, 1.54) is 0 Å². The number of nitrogens with two attached hydrogens (primary N) is 2. The van der Waals surface area contributed by atoms with Gasteiger partial charge >= 0.3 is 0 Å². The molecule has 0 amide bonds. The van der Waals surface area contributed by atoms with Gasteiger partial charge in [0.1, 0.15) is 12.4 Å². The first-order chi connectivity index (χ1) is 13.1. The van der Waals surface area contributed by atoms with Crippen molar-refractivity contribution in [1.29, 1.82) is 0 Å². The molecule has 1 aliphatic rings. The number of hydrogen-bond donors (Lipinski definition) is 2. The van der Waals surface area contributed by atoms with E-state index in [1.807, 2.05) is 29.2 Å². The highest BCUT2D eigenvalue weighted by Crippen LogP contribution is 2.33. The van der Waals surface area contributed by atoms with Gasteiger partial charge in [-0.25, -0.2) is 9.37 Å². The van der Waals surface area contributed by atoms with Crippen molar-refractivity contribution in [2.24, 2.45) is 5.73 Å². The maximum absolute atomic E-state index is 13.6. The molecule has 0 aliphatic heterocycles. The number of nitrogen functional groups attached to an aromatic ring is 1. The van der Waals surface area contributed by atoms with E-state index in [0.29, 0.717) is 19.2 Å². The zero-order valence-corrected chi connectivity index (χ0v) is 15.5. The number of halogens is 1. The number of methoxy groups -OCH3 is 1. The molecule has 1 aromatic carbocycles. The Morgan fingerprint density at radius 1 is 1.22 bits per heavy atom. The van der Waals surface area contributed by atoms with Gasteiger partial charge in [0.25, 0.3) is 0 Å². The van der Waals surface area contributed by atoms with Crippen LogP contribution in [0.5, 0.6) is 5.75 Å². The maximum atomic E-state index is 13.6. The molecule has 2 aromatic rings. The minimum atomic E-state index is -0.624. The summed E-state index contributed by atoms with van der Waals surface area (Å²) in [6.07, 6.45) is 4.91. The van der Waals surface area contributed by atoms with Gasteiger partial charge in [-0.1, -0.05) is 0 Å². The summed E-state index contributed by atoms with van der Waals surface area (Å²) in [7, 11) is 1.63. The van der Waals surface area contributed by atoms with Crippen LogP contribution in [0.25, 0.3) is 0 Å². The summed E-state index contributed by atoms with van der Waals surface area (Å²) in [5, 5.41) is 0. The zero-order chi connectivity index (χ0) is 19.2. The van der Waals surface area contributed by atoms with Crippen LogP contribution in [0.3, 0.4) is 0 Å². The number of aromatic nitrogens is 2. The van der Waals surface area contributed by atoms with E-state index in [4.69, 9.17) is 20.9 Å². The number of rotatable bonds is 7. The third kappa shape index (κ3) is 4.84. The van der Waals surface area contributed by atoms with E-state index < -0.39 is 5.82 Å². The smallest absolute Gasteiger partial charge is 0.232 e. The average Bonchev–Trinajstić information content (AvgIpc) is 2.66. The van der Waals surface area contributed by atoms with Gasteiger partial charge in [0.05, 0.1) is 12.8 Å². The van der Waals surface area contributed by atoms with Crippen molar-refractivity contribution in [2.75, 3.05) is 31.0 Å². The second-order valence-corrected chi connectivity index (χ2v) is 6.69. The summed E-state index contributed by atoms with van der Waals surface area (Å²) in [6, 6.07) is 7.89. The van der Waals surface area contributed by atoms with Gasteiger partial charge < -0.3 is 25.8 Å². The van der Waals surface area contributed by atoms with Gasteiger partial charge in [0, 0.05) is 24.9 Å². The Morgan fingerprint density at radius 2 is 2.00 bits per heavy atom. The highest BCUT2D eigenvalue weighted by Gasteiger charge is 2.28. The Labute approximate surface area is 158 Å². The minimum absolute atomic E-state index is 0.124. The number of hydrogen-bond acceptors (Lipinski definition) is 7. The molecule has 0 spiro atoms. The second kappa shape index (κ2) is 8.96. The molecule has 27 heavy (non-hydrogen) atoms. The first kappa shape index (κ1) is 19.3. The highest BCUT2D eigenvalue weighted by molar-refractivity contribution is 5.60. The van der Waals surface area contributed by atoms with Crippen molar-refractivity contribution >= 4 is 17.5 Å². The molecule has 1 heterocycles. The fourth-order valence-electron chi connectivity index (χ4n) is 3.36. The molecule has 7 nitrogen and oxygen atoms in total. The van der Waals surface area contributed by atoms with Crippen LogP contribution in [-0.4, -0.2) is 42.4 Å². The van der Waals surface area contributed by atoms with Gasteiger partial charge in [0.2, 0.25) is 5.95 Å². The van der Waals surface area contributed by atoms with Crippen LogP contribution in [-0.2, 0) is 4.74 Å². The van der Waals surface area contributed by atoms with Crippen LogP contribution in [0, 0.1) is 5.82 Å². The lowest BCUT2D eigenvalue weighted by Gasteiger charge is -2.36. The van der Waals surface area contributed by atoms with Gasteiger partial charge in [-0.3, -0.25) is 0 Å². The first-order valence-electron chi connectivity index (χ1n) is 9.13. The van der Waals surface area contributed by atoms with Crippen LogP contribution >= 0.6 is 0 Å². The minimum Gasteiger partial charge on any atom is -0.491 e. The predicted molar refractivity (Wildman–Crippen MR) is 103 cm³/mol. The summed E-state index contributed by atoms with van der Waals surface area (Å²) in [6.45, 7) is 1.01. The summed E-state index contributed by atoms with van der Waals surface area (Å²) >= 11 is 0. The maximum Gasteiger partial charge on any atom is 0.232 e. The van der Waals surface area contributed by atoms with Gasteiger partial charge in [-0.2, -0.15) is 4.98 Å². The van der Waals surface area contributed by atoms with Gasteiger partial charge in [-0.15, -0.1) is 0 Å². The fourth-order valence-corrected chi connectivity index (χ4v) is 3.36. The molecule has 2 unspecified atom stereocenters. The molecular weight excluding hydrogens is 349 g/mol. The van der Waals surface area contributed by atoms with Crippen LogP contribution in [0.15, 0.2) is 30.5 Å². The van der Waals surface area contributed by atoms with Crippen LogP contribution in [0.2, 0.25) is 0 Å². The van der Waals surface area contributed by atoms with E-state index >= 15 is 0 Å². The van der Waals surface area contributed by atoms with Crippen LogP contribution in [0.1, 0.15) is 25.7 Å². The van der Waals surface area contributed by atoms with Crippen LogP contribution in [0.4, 0.5) is 21.8 Å². The molecule has 1 saturated carbocycles. The van der Waals surface area contributed by atoms with Crippen molar-refractivity contribution in [3.05, 3.63) is 36.3 Å². The lowest BCUT2D eigenvalue weighted by molar-refractivity contribution is 0.146. The van der Waals surface area contributed by atoms with E-state index in [9.17, 15) is 4.39 Å². The highest BCUT2D eigenvalue weighted by atomic mass is 19.1. The standard InChI is InChI=1S/C19H26FN5O2/c1-26-9-10-27-16-7-5-14(6-8-16)25(15-4-2-3-13(21)11-15)19-23-12-17(20)18(22)24-19/h5-8,12-13,15H,2-4,9-11,21H2,1H3,(H2,22,23,24). The number of benzene rings is 1. The molecule has 146 valence electrons. The quantitative estimate of drug-likeness (QED) is 0.718. The Kier molecular flexibility index (Phi) is 6.41. The Hall–Kier alpha value is -2.45. The third-order valence-electron chi connectivity index (χ3n) is 4.70. The second-order valence-electron chi connectivity index (χ2n) is 6.69. The summed E-state index contributed by atoms with van der Waals surface area (Å²) in [5.41, 5.74) is 12.7. The summed E-state index contributed by atoms with van der Waals surface area (Å²) < 4.78 is 24.2. The molecule has 3 rings (SSSR count).